The SMILES string of the molecule is CC[C@H]1CC[C@](CCC(=O)O)(C(=O)O)N1.Cl. The molecule has 5 nitrogen and oxygen atoms in total. The highest BCUT2D eigenvalue weighted by molar-refractivity contribution is 5.85. The maximum Gasteiger partial charge on any atom is 0.323 e. The van der Waals surface area contributed by atoms with Crippen molar-refractivity contribution in [1.29, 1.82) is 0 Å². The van der Waals surface area contributed by atoms with Crippen LogP contribution >= 0.6 is 12.4 Å². The molecule has 1 fully saturated rings. The summed E-state index contributed by atoms with van der Waals surface area (Å²) in [5.41, 5.74) is -1.01. The first-order valence-electron chi connectivity index (χ1n) is 5.23. The zero-order valence-electron chi connectivity index (χ0n) is 9.23. The summed E-state index contributed by atoms with van der Waals surface area (Å²) in [6.07, 6.45) is 2.27. The van der Waals surface area contributed by atoms with Crippen molar-refractivity contribution in [2.45, 2.75) is 50.6 Å². The third-order valence-electron chi connectivity index (χ3n) is 3.07. The predicted octanol–water partition coefficient (Wildman–Crippen LogP) is 1.26. The Bertz CT molecular complexity index is 272. The summed E-state index contributed by atoms with van der Waals surface area (Å²) in [7, 11) is 0. The Hall–Kier alpha value is -0.810. The Morgan fingerprint density at radius 1 is 1.44 bits per heavy atom. The van der Waals surface area contributed by atoms with Crippen LogP contribution in [0.1, 0.15) is 39.0 Å². The molecule has 0 aromatic carbocycles. The van der Waals surface area contributed by atoms with Crippen LogP contribution in [0.2, 0.25) is 0 Å². The van der Waals surface area contributed by atoms with Gasteiger partial charge in [-0.3, -0.25) is 14.9 Å². The minimum absolute atomic E-state index is 0. The molecule has 1 aliphatic rings. The van der Waals surface area contributed by atoms with Gasteiger partial charge in [0.15, 0.2) is 0 Å². The van der Waals surface area contributed by atoms with E-state index in [1.807, 2.05) is 6.92 Å². The number of nitrogens with one attached hydrogen (secondary N) is 1. The van der Waals surface area contributed by atoms with Crippen molar-refractivity contribution in [2.24, 2.45) is 0 Å². The van der Waals surface area contributed by atoms with Crippen molar-refractivity contribution >= 4 is 24.3 Å². The summed E-state index contributed by atoms with van der Waals surface area (Å²) in [5, 5.41) is 20.8. The number of halogens is 1. The van der Waals surface area contributed by atoms with Gasteiger partial charge in [-0.1, -0.05) is 6.92 Å². The van der Waals surface area contributed by atoms with Crippen molar-refractivity contribution in [3.63, 3.8) is 0 Å². The van der Waals surface area contributed by atoms with E-state index in [1.54, 1.807) is 0 Å². The molecular formula is C10H18ClNO4. The van der Waals surface area contributed by atoms with Gasteiger partial charge in [-0.15, -0.1) is 12.4 Å². The molecule has 6 heteroatoms. The summed E-state index contributed by atoms with van der Waals surface area (Å²) in [4.78, 5) is 21.6. The average molecular weight is 252 g/mol. The van der Waals surface area contributed by atoms with Gasteiger partial charge in [0, 0.05) is 12.5 Å². The van der Waals surface area contributed by atoms with Crippen LogP contribution in [0.5, 0.6) is 0 Å². The molecule has 0 spiro atoms. The maximum atomic E-state index is 11.1. The van der Waals surface area contributed by atoms with E-state index in [9.17, 15) is 9.59 Å². The Balaban J connectivity index is 0.00000225. The lowest BCUT2D eigenvalue weighted by Crippen LogP contribution is -2.50. The number of hydrogen-bond acceptors (Lipinski definition) is 3. The highest BCUT2D eigenvalue weighted by Gasteiger charge is 2.44. The molecular weight excluding hydrogens is 234 g/mol. The van der Waals surface area contributed by atoms with Crippen LogP contribution in [-0.4, -0.2) is 33.7 Å². The van der Waals surface area contributed by atoms with Crippen molar-refractivity contribution in [1.82, 2.24) is 5.32 Å². The fourth-order valence-electron chi connectivity index (χ4n) is 2.05. The second-order valence-electron chi connectivity index (χ2n) is 4.07. The smallest absolute Gasteiger partial charge is 0.323 e. The molecule has 16 heavy (non-hydrogen) atoms. The second kappa shape index (κ2) is 6.06. The van der Waals surface area contributed by atoms with Crippen LogP contribution in [0.25, 0.3) is 0 Å². The van der Waals surface area contributed by atoms with E-state index in [4.69, 9.17) is 10.2 Å². The predicted molar refractivity (Wildman–Crippen MR) is 60.9 cm³/mol. The van der Waals surface area contributed by atoms with Gasteiger partial charge in [0.2, 0.25) is 0 Å². The average Bonchev–Trinajstić information content (AvgIpc) is 2.59. The molecule has 3 N–H and O–H groups in total. The van der Waals surface area contributed by atoms with Gasteiger partial charge in [0.1, 0.15) is 5.54 Å². The van der Waals surface area contributed by atoms with Crippen LogP contribution in [0.4, 0.5) is 0 Å². The topological polar surface area (TPSA) is 86.6 Å². The fourth-order valence-corrected chi connectivity index (χ4v) is 2.05. The van der Waals surface area contributed by atoms with E-state index in [2.05, 4.69) is 5.32 Å². The largest absolute Gasteiger partial charge is 0.481 e. The molecule has 1 saturated heterocycles. The molecule has 0 aromatic heterocycles. The lowest BCUT2D eigenvalue weighted by Gasteiger charge is -2.25. The number of aliphatic carboxylic acids is 2. The van der Waals surface area contributed by atoms with E-state index < -0.39 is 17.5 Å². The molecule has 1 aliphatic heterocycles. The standard InChI is InChI=1S/C10H17NO4.ClH/c1-2-7-3-5-10(11-7,9(14)15)6-4-8(12)13;/h7,11H,2-6H2,1H3,(H,12,13)(H,14,15);1H/t7-,10-;/m0./s1. The Kier molecular flexibility index (Phi) is 5.75. The van der Waals surface area contributed by atoms with Crippen LogP contribution in [0.15, 0.2) is 0 Å². The summed E-state index contributed by atoms with van der Waals surface area (Å²) in [5.74, 6) is -1.88. The Labute approximate surface area is 101 Å². The summed E-state index contributed by atoms with van der Waals surface area (Å²) < 4.78 is 0. The fraction of sp³-hybridized carbons (Fsp3) is 0.800. The van der Waals surface area contributed by atoms with E-state index in [0.717, 1.165) is 12.8 Å². The maximum absolute atomic E-state index is 11.1. The third-order valence-corrected chi connectivity index (χ3v) is 3.07. The minimum atomic E-state index is -1.01. The van der Waals surface area contributed by atoms with Gasteiger partial charge in [-0.25, -0.2) is 0 Å². The monoisotopic (exact) mass is 251 g/mol. The van der Waals surface area contributed by atoms with Crippen LogP contribution in [-0.2, 0) is 9.59 Å². The van der Waals surface area contributed by atoms with Crippen molar-refractivity contribution in [3.8, 4) is 0 Å². The molecule has 0 amide bonds. The van der Waals surface area contributed by atoms with Crippen LogP contribution < -0.4 is 5.32 Å². The van der Waals surface area contributed by atoms with Crippen molar-refractivity contribution in [2.75, 3.05) is 0 Å². The van der Waals surface area contributed by atoms with Gasteiger partial charge in [-0.05, 0) is 25.7 Å². The second-order valence-corrected chi connectivity index (χ2v) is 4.07. The Morgan fingerprint density at radius 3 is 2.44 bits per heavy atom. The highest BCUT2D eigenvalue weighted by atomic mass is 35.5. The van der Waals surface area contributed by atoms with Gasteiger partial charge >= 0.3 is 11.9 Å². The lowest BCUT2D eigenvalue weighted by atomic mass is 9.92. The lowest BCUT2D eigenvalue weighted by molar-refractivity contribution is -0.145. The first-order valence-corrected chi connectivity index (χ1v) is 5.23. The van der Waals surface area contributed by atoms with E-state index in [1.165, 1.54) is 0 Å². The van der Waals surface area contributed by atoms with Gasteiger partial charge in [-0.2, -0.15) is 0 Å². The number of carboxylic acid groups (broad SMARTS) is 2. The molecule has 1 rings (SSSR count). The zero-order valence-corrected chi connectivity index (χ0v) is 10.0. The molecule has 94 valence electrons. The molecule has 0 unspecified atom stereocenters. The van der Waals surface area contributed by atoms with Crippen LogP contribution in [0, 0.1) is 0 Å². The van der Waals surface area contributed by atoms with E-state index >= 15 is 0 Å². The molecule has 0 aromatic rings. The van der Waals surface area contributed by atoms with Gasteiger partial charge < -0.3 is 10.2 Å². The quantitative estimate of drug-likeness (QED) is 0.685. The Morgan fingerprint density at radius 2 is 2.06 bits per heavy atom. The van der Waals surface area contributed by atoms with Crippen molar-refractivity contribution < 1.29 is 19.8 Å². The van der Waals surface area contributed by atoms with E-state index in [0.29, 0.717) is 6.42 Å². The molecule has 0 saturated carbocycles. The van der Waals surface area contributed by atoms with Crippen LogP contribution in [0.3, 0.4) is 0 Å². The van der Waals surface area contributed by atoms with E-state index in [-0.39, 0.29) is 31.3 Å². The third kappa shape index (κ3) is 3.35. The summed E-state index contributed by atoms with van der Waals surface area (Å²) >= 11 is 0. The normalized spacial score (nSPS) is 28.4. The minimum Gasteiger partial charge on any atom is -0.481 e. The summed E-state index contributed by atoms with van der Waals surface area (Å²) in [6.45, 7) is 1.99. The molecule has 0 aliphatic carbocycles. The number of rotatable bonds is 5. The zero-order chi connectivity index (χ0) is 11.5. The molecule has 0 bridgehead atoms. The summed E-state index contributed by atoms with van der Waals surface area (Å²) in [6, 6.07) is 0.204. The van der Waals surface area contributed by atoms with Gasteiger partial charge in [0.25, 0.3) is 0 Å². The van der Waals surface area contributed by atoms with Crippen molar-refractivity contribution in [3.05, 3.63) is 0 Å². The highest BCUT2D eigenvalue weighted by Crippen LogP contribution is 2.29. The number of hydrogen-bond donors (Lipinski definition) is 3. The first kappa shape index (κ1) is 15.2. The molecule has 0 radical (unpaired) electrons. The molecule has 1 heterocycles. The number of carbonyl (C=O) groups is 2. The van der Waals surface area contributed by atoms with Gasteiger partial charge in [0.05, 0.1) is 0 Å². The molecule has 2 atom stereocenters. The first-order chi connectivity index (χ1) is 7.00. The number of carboxylic acids is 2.